The first-order valence-electron chi connectivity index (χ1n) is 15.2. The summed E-state index contributed by atoms with van der Waals surface area (Å²) in [5, 5.41) is 3.98. The smallest absolute Gasteiger partial charge is 0.319 e. The molecule has 4 fully saturated rings. The largest absolute Gasteiger partial charge is 0.461 e. The number of nitrogens with zero attached hydrogens (tertiary/aromatic N) is 5. The van der Waals surface area contributed by atoms with E-state index in [9.17, 15) is 8.78 Å². The molecule has 2 aromatic carbocycles. The molecule has 4 aliphatic heterocycles. The van der Waals surface area contributed by atoms with Gasteiger partial charge in [0.1, 0.15) is 35.5 Å². The number of fused-ring (bicyclic) bond motifs is 3. The highest BCUT2D eigenvalue weighted by Crippen LogP contribution is 2.45. The molecule has 14 heteroatoms. The normalized spacial score (nSPS) is 25.7. The van der Waals surface area contributed by atoms with Crippen molar-refractivity contribution in [3.63, 3.8) is 0 Å². The van der Waals surface area contributed by atoms with Crippen molar-refractivity contribution in [3.8, 4) is 17.1 Å². The summed E-state index contributed by atoms with van der Waals surface area (Å²) >= 11 is 7.83. The summed E-state index contributed by atoms with van der Waals surface area (Å²) in [5.41, 5.74) is 5.11. The number of anilines is 2. The van der Waals surface area contributed by atoms with E-state index in [-0.39, 0.29) is 44.1 Å². The van der Waals surface area contributed by atoms with Gasteiger partial charge in [0.2, 0.25) is 0 Å². The summed E-state index contributed by atoms with van der Waals surface area (Å²) < 4.78 is 59.0. The van der Waals surface area contributed by atoms with Gasteiger partial charge in [-0.1, -0.05) is 22.9 Å². The number of rotatable bonds is 5. The fraction of sp³-hybridized carbons (Fsp3) is 0.516. The first kappa shape index (κ1) is 29.4. The molecular weight excluding hydrogens is 627 g/mol. The van der Waals surface area contributed by atoms with Crippen LogP contribution in [0.25, 0.3) is 32.2 Å². The van der Waals surface area contributed by atoms with Crippen molar-refractivity contribution >= 4 is 55.0 Å². The first-order chi connectivity index (χ1) is 21.4. The zero-order valence-corrected chi connectivity index (χ0v) is 26.5. The van der Waals surface area contributed by atoms with E-state index < -0.39 is 34.5 Å². The van der Waals surface area contributed by atoms with Crippen LogP contribution in [0.2, 0.25) is 5.02 Å². The molecule has 2 atom stereocenters. The predicted octanol–water partition coefficient (Wildman–Crippen LogP) is 5.33. The third kappa shape index (κ3) is 4.81. The SMILES string of the molecule is CC1(C)CN(c2nc(OC[C@@]34CCCN3C[C@H](F)C4)nc3c(F)c(-c4ccc(F)c5sc(N)nc45)c(Cl)cc23)CC2(CNC2)O1. The molecule has 2 aromatic heterocycles. The van der Waals surface area contributed by atoms with Crippen LogP contribution >= 0.6 is 22.9 Å². The Morgan fingerprint density at radius 3 is 2.78 bits per heavy atom. The second-order valence-electron chi connectivity index (χ2n) is 13.5. The maximum Gasteiger partial charge on any atom is 0.319 e. The number of nitrogens with two attached hydrogens (primary N) is 1. The Morgan fingerprint density at radius 2 is 2.00 bits per heavy atom. The van der Waals surface area contributed by atoms with Crippen molar-refractivity contribution in [1.82, 2.24) is 25.2 Å². The molecule has 8 rings (SSSR count). The maximum atomic E-state index is 16.9. The molecule has 6 heterocycles. The zero-order chi connectivity index (χ0) is 31.3. The molecule has 0 bridgehead atoms. The molecule has 0 aliphatic carbocycles. The average molecular weight is 660 g/mol. The van der Waals surface area contributed by atoms with Gasteiger partial charge in [0.05, 0.1) is 32.9 Å². The number of hydrogen-bond acceptors (Lipinski definition) is 10. The van der Waals surface area contributed by atoms with Crippen LogP contribution in [0.5, 0.6) is 6.01 Å². The highest BCUT2D eigenvalue weighted by atomic mass is 35.5. The third-order valence-corrected chi connectivity index (χ3v) is 10.8. The van der Waals surface area contributed by atoms with Crippen molar-refractivity contribution in [2.75, 3.05) is 56.5 Å². The molecule has 4 saturated heterocycles. The molecule has 0 radical (unpaired) electrons. The van der Waals surface area contributed by atoms with Crippen LogP contribution in [-0.4, -0.2) is 88.6 Å². The van der Waals surface area contributed by atoms with Crippen molar-refractivity contribution in [1.29, 1.82) is 0 Å². The molecule has 9 nitrogen and oxygen atoms in total. The van der Waals surface area contributed by atoms with Crippen LogP contribution in [0.4, 0.5) is 24.1 Å². The monoisotopic (exact) mass is 659 g/mol. The minimum Gasteiger partial charge on any atom is -0.461 e. The predicted molar refractivity (Wildman–Crippen MR) is 169 cm³/mol. The van der Waals surface area contributed by atoms with Crippen LogP contribution in [-0.2, 0) is 4.74 Å². The Hall–Kier alpha value is -2.97. The van der Waals surface area contributed by atoms with Gasteiger partial charge in [-0.05, 0) is 51.4 Å². The first-order valence-corrected chi connectivity index (χ1v) is 16.4. The Kier molecular flexibility index (Phi) is 6.71. The number of aromatic nitrogens is 3. The molecule has 238 valence electrons. The lowest BCUT2D eigenvalue weighted by atomic mass is 9.90. The van der Waals surface area contributed by atoms with Gasteiger partial charge in [-0.25, -0.2) is 18.2 Å². The van der Waals surface area contributed by atoms with Crippen molar-refractivity contribution in [2.24, 2.45) is 0 Å². The molecule has 3 N–H and O–H groups in total. The number of nitrogens with one attached hydrogen (secondary N) is 1. The van der Waals surface area contributed by atoms with Gasteiger partial charge in [-0.3, -0.25) is 4.90 Å². The highest BCUT2D eigenvalue weighted by molar-refractivity contribution is 7.22. The van der Waals surface area contributed by atoms with Crippen molar-refractivity contribution in [3.05, 3.63) is 34.9 Å². The molecule has 4 aromatic rings. The Morgan fingerprint density at radius 1 is 1.18 bits per heavy atom. The Balaban J connectivity index is 1.28. The number of benzene rings is 2. The third-order valence-electron chi connectivity index (χ3n) is 9.59. The molecule has 45 heavy (non-hydrogen) atoms. The van der Waals surface area contributed by atoms with Gasteiger partial charge >= 0.3 is 6.01 Å². The summed E-state index contributed by atoms with van der Waals surface area (Å²) in [6.45, 7) is 7.80. The van der Waals surface area contributed by atoms with E-state index in [2.05, 4.69) is 25.1 Å². The van der Waals surface area contributed by atoms with E-state index in [1.807, 2.05) is 13.8 Å². The lowest BCUT2D eigenvalue weighted by molar-refractivity contribution is -0.173. The van der Waals surface area contributed by atoms with E-state index in [1.54, 1.807) is 6.07 Å². The van der Waals surface area contributed by atoms with Crippen LogP contribution < -0.4 is 20.7 Å². The van der Waals surface area contributed by atoms with Gasteiger partial charge < -0.3 is 25.4 Å². The van der Waals surface area contributed by atoms with E-state index in [4.69, 9.17) is 31.8 Å². The fourth-order valence-electron chi connectivity index (χ4n) is 7.81. The van der Waals surface area contributed by atoms with E-state index >= 15 is 4.39 Å². The van der Waals surface area contributed by atoms with Gasteiger partial charge in [-0.15, -0.1) is 0 Å². The quantitative estimate of drug-likeness (QED) is 0.294. The minimum atomic E-state index is -0.917. The number of ether oxygens (including phenoxy) is 2. The number of thiazole rings is 1. The standard InChI is InChI=1S/C31H33ClF3N7O2S/c1-29(2)13-41(14-31(44-29)11-37-12-31)26-18-8-19(32)21(17-4-5-20(34)25-24(17)38-27(36)45-25)22(35)23(18)39-28(40-26)43-15-30-6-3-7-42(30)10-16(33)9-30/h4-5,8,16,37H,3,6-7,9-15H2,1-2H3,(H2,36,38)/t16-,30+/m1/s1. The van der Waals surface area contributed by atoms with Crippen LogP contribution in [0.1, 0.15) is 33.1 Å². The molecule has 4 aliphatic rings. The molecule has 1 spiro atoms. The average Bonchev–Trinajstić information content (AvgIpc) is 3.63. The Labute approximate surface area is 266 Å². The summed E-state index contributed by atoms with van der Waals surface area (Å²) in [7, 11) is 0. The number of halogens is 4. The van der Waals surface area contributed by atoms with Crippen LogP contribution in [0.3, 0.4) is 0 Å². The number of hydrogen-bond donors (Lipinski definition) is 2. The summed E-state index contributed by atoms with van der Waals surface area (Å²) in [6.07, 6.45) is 1.24. The fourth-order valence-corrected chi connectivity index (χ4v) is 8.86. The van der Waals surface area contributed by atoms with E-state index in [0.29, 0.717) is 55.9 Å². The van der Waals surface area contributed by atoms with Crippen LogP contribution in [0.15, 0.2) is 18.2 Å². The van der Waals surface area contributed by atoms with Crippen molar-refractivity contribution < 1.29 is 22.6 Å². The molecule has 0 unspecified atom stereocenters. The van der Waals surface area contributed by atoms with Crippen LogP contribution in [0, 0.1) is 11.6 Å². The second-order valence-corrected chi connectivity index (χ2v) is 14.9. The van der Waals surface area contributed by atoms with E-state index in [0.717, 1.165) is 30.7 Å². The second kappa shape index (κ2) is 10.3. The minimum absolute atomic E-state index is 0.000411. The molecule has 0 saturated carbocycles. The van der Waals surface area contributed by atoms with Gasteiger partial charge in [-0.2, -0.15) is 9.97 Å². The lowest BCUT2D eigenvalue weighted by Crippen LogP contribution is -2.72. The number of alkyl halides is 1. The van der Waals surface area contributed by atoms with Gasteiger partial charge in [0.15, 0.2) is 10.9 Å². The lowest BCUT2D eigenvalue weighted by Gasteiger charge is -2.54. The van der Waals surface area contributed by atoms with Crippen molar-refractivity contribution in [2.45, 2.75) is 56.0 Å². The topological polar surface area (TPSA) is 102 Å². The maximum absolute atomic E-state index is 16.9. The van der Waals surface area contributed by atoms with Gasteiger partial charge in [0.25, 0.3) is 0 Å². The summed E-state index contributed by atoms with van der Waals surface area (Å²) in [4.78, 5) is 18.0. The zero-order valence-electron chi connectivity index (χ0n) is 24.9. The van der Waals surface area contributed by atoms with Gasteiger partial charge in [0, 0.05) is 49.1 Å². The number of morpholine rings is 1. The molecular formula is C31H33ClF3N7O2S. The number of nitrogen functional groups attached to an aromatic ring is 1. The molecule has 0 amide bonds. The summed E-state index contributed by atoms with van der Waals surface area (Å²) in [5.74, 6) is -0.733. The Bertz CT molecular complexity index is 1850. The highest BCUT2D eigenvalue weighted by Gasteiger charge is 2.50. The van der Waals surface area contributed by atoms with E-state index in [1.165, 1.54) is 12.1 Å². The summed E-state index contributed by atoms with van der Waals surface area (Å²) in [6, 6.07) is 4.35.